The summed E-state index contributed by atoms with van der Waals surface area (Å²) in [6.45, 7) is 3.78. The van der Waals surface area contributed by atoms with Gasteiger partial charge >= 0.3 is 0 Å². The highest BCUT2D eigenvalue weighted by Gasteiger charge is 2.07. The molecule has 3 aromatic rings. The molecule has 0 radical (unpaired) electrons. The summed E-state index contributed by atoms with van der Waals surface area (Å²) < 4.78 is 1.62. The molecule has 0 unspecified atom stereocenters. The average molecular weight is 266 g/mol. The smallest absolute Gasteiger partial charge is 0.270 e. The Bertz CT molecular complexity index is 745. The minimum Gasteiger partial charge on any atom is -0.399 e. The molecular formula is C14H14N6. The highest BCUT2D eigenvalue weighted by molar-refractivity contribution is 5.64. The van der Waals surface area contributed by atoms with Gasteiger partial charge in [0.25, 0.3) is 5.95 Å². The van der Waals surface area contributed by atoms with Crippen molar-refractivity contribution in [3.8, 4) is 17.1 Å². The summed E-state index contributed by atoms with van der Waals surface area (Å²) in [6, 6.07) is 7.63. The predicted molar refractivity (Wildman–Crippen MR) is 76.3 cm³/mol. The molecule has 0 spiro atoms. The molecule has 2 aromatic heterocycles. The van der Waals surface area contributed by atoms with Crippen LogP contribution in [-0.4, -0.2) is 25.0 Å². The largest absolute Gasteiger partial charge is 0.399 e. The lowest BCUT2D eigenvalue weighted by molar-refractivity contribution is 0.752. The molecule has 1 aromatic carbocycles. The summed E-state index contributed by atoms with van der Waals surface area (Å²) in [6.07, 6.45) is 3.64. The number of hydrogen-bond donors (Lipinski definition) is 1. The number of nitrogens with two attached hydrogens (primary N) is 1. The van der Waals surface area contributed by atoms with Crippen LogP contribution in [0.15, 0.2) is 36.7 Å². The Kier molecular flexibility index (Phi) is 2.90. The highest BCUT2D eigenvalue weighted by atomic mass is 15.4. The van der Waals surface area contributed by atoms with Gasteiger partial charge in [-0.3, -0.25) is 0 Å². The van der Waals surface area contributed by atoms with Gasteiger partial charge in [-0.2, -0.15) is 10.2 Å². The first kappa shape index (κ1) is 12.3. The molecule has 3 rings (SSSR count). The van der Waals surface area contributed by atoms with Crippen LogP contribution < -0.4 is 5.73 Å². The summed E-state index contributed by atoms with van der Waals surface area (Å²) in [4.78, 5) is 4.37. The van der Waals surface area contributed by atoms with Crippen molar-refractivity contribution in [3.05, 3.63) is 48.0 Å². The van der Waals surface area contributed by atoms with Crippen LogP contribution in [-0.2, 0) is 0 Å². The Morgan fingerprint density at radius 2 is 1.70 bits per heavy atom. The van der Waals surface area contributed by atoms with E-state index in [1.165, 1.54) is 0 Å². The third-order valence-corrected chi connectivity index (χ3v) is 3.11. The number of hydrogen-bond acceptors (Lipinski definition) is 5. The Morgan fingerprint density at radius 3 is 2.40 bits per heavy atom. The number of nitrogens with zero attached hydrogens (tertiary/aromatic N) is 5. The Hall–Kier alpha value is -2.76. The lowest BCUT2D eigenvalue weighted by Crippen LogP contribution is -2.06. The van der Waals surface area contributed by atoms with Gasteiger partial charge in [0, 0.05) is 17.4 Å². The highest BCUT2D eigenvalue weighted by Crippen LogP contribution is 2.20. The van der Waals surface area contributed by atoms with Gasteiger partial charge in [-0.05, 0) is 31.5 Å². The SMILES string of the molecule is Cc1nnc(-n2cc(-c3ccc(N)cc3)cn2)nc1C. The van der Waals surface area contributed by atoms with Crippen LogP contribution in [0.1, 0.15) is 11.4 Å². The maximum atomic E-state index is 5.68. The second-order valence-electron chi connectivity index (χ2n) is 4.58. The Labute approximate surface area is 116 Å². The summed E-state index contributed by atoms with van der Waals surface area (Å²) >= 11 is 0. The van der Waals surface area contributed by atoms with Gasteiger partial charge in [-0.25, -0.2) is 9.67 Å². The van der Waals surface area contributed by atoms with E-state index in [4.69, 9.17) is 5.73 Å². The molecule has 0 aliphatic rings. The van der Waals surface area contributed by atoms with E-state index < -0.39 is 0 Å². The fourth-order valence-corrected chi connectivity index (χ4v) is 1.80. The van der Waals surface area contributed by atoms with E-state index in [2.05, 4.69) is 20.3 Å². The van der Waals surface area contributed by atoms with Crippen molar-refractivity contribution < 1.29 is 0 Å². The summed E-state index contributed by atoms with van der Waals surface area (Å²) in [7, 11) is 0. The van der Waals surface area contributed by atoms with Crippen LogP contribution in [0.5, 0.6) is 0 Å². The van der Waals surface area contributed by atoms with Gasteiger partial charge < -0.3 is 5.73 Å². The van der Waals surface area contributed by atoms with Crippen LogP contribution in [0, 0.1) is 13.8 Å². The predicted octanol–water partition coefficient (Wildman–Crippen LogP) is 1.92. The van der Waals surface area contributed by atoms with Crippen LogP contribution >= 0.6 is 0 Å². The lowest BCUT2D eigenvalue weighted by Gasteiger charge is -2.01. The third-order valence-electron chi connectivity index (χ3n) is 3.11. The summed E-state index contributed by atoms with van der Waals surface area (Å²) in [5.74, 6) is 0.467. The van der Waals surface area contributed by atoms with Crippen LogP contribution in [0.25, 0.3) is 17.1 Å². The molecule has 2 N–H and O–H groups in total. The molecule has 0 saturated carbocycles. The van der Waals surface area contributed by atoms with E-state index in [9.17, 15) is 0 Å². The molecule has 2 heterocycles. The molecule has 0 aliphatic heterocycles. The van der Waals surface area contributed by atoms with Gasteiger partial charge in [0.15, 0.2) is 0 Å². The van der Waals surface area contributed by atoms with Crippen LogP contribution in [0.4, 0.5) is 5.69 Å². The van der Waals surface area contributed by atoms with Crippen LogP contribution in [0.2, 0.25) is 0 Å². The minimum atomic E-state index is 0.467. The van der Waals surface area contributed by atoms with Gasteiger partial charge in [-0.1, -0.05) is 12.1 Å². The van der Waals surface area contributed by atoms with Crippen LogP contribution in [0.3, 0.4) is 0 Å². The molecule has 0 amide bonds. The fourth-order valence-electron chi connectivity index (χ4n) is 1.80. The van der Waals surface area contributed by atoms with Crippen molar-refractivity contribution >= 4 is 5.69 Å². The minimum absolute atomic E-state index is 0.467. The number of nitrogen functional groups attached to an aromatic ring is 1. The molecule has 0 fully saturated rings. The Morgan fingerprint density at radius 1 is 0.950 bits per heavy atom. The lowest BCUT2D eigenvalue weighted by atomic mass is 10.1. The standard InChI is InChI=1S/C14H14N6/c1-9-10(2)18-19-14(17-9)20-8-12(7-16-20)11-3-5-13(15)6-4-11/h3-8H,15H2,1-2H3. The zero-order chi connectivity index (χ0) is 14.1. The molecule has 100 valence electrons. The van der Waals surface area contributed by atoms with Gasteiger partial charge in [0.2, 0.25) is 0 Å². The second kappa shape index (κ2) is 4.73. The van der Waals surface area contributed by atoms with E-state index in [0.717, 1.165) is 28.2 Å². The first-order valence-corrected chi connectivity index (χ1v) is 6.22. The second-order valence-corrected chi connectivity index (χ2v) is 4.58. The molecule has 0 bridgehead atoms. The third kappa shape index (κ3) is 2.23. The topological polar surface area (TPSA) is 82.5 Å². The molecule has 0 aliphatic carbocycles. The number of benzene rings is 1. The molecule has 20 heavy (non-hydrogen) atoms. The molecule has 0 atom stereocenters. The fraction of sp³-hybridized carbons (Fsp3) is 0.143. The molecular weight excluding hydrogens is 252 g/mol. The van der Waals surface area contributed by atoms with Crippen molar-refractivity contribution in [2.75, 3.05) is 5.73 Å². The van der Waals surface area contributed by atoms with Gasteiger partial charge in [0.05, 0.1) is 17.6 Å². The quantitative estimate of drug-likeness (QED) is 0.716. The number of aromatic nitrogens is 5. The number of aryl methyl sites for hydroxylation is 2. The van der Waals surface area contributed by atoms with Crippen molar-refractivity contribution in [2.45, 2.75) is 13.8 Å². The van der Waals surface area contributed by atoms with E-state index in [1.807, 2.05) is 44.3 Å². The van der Waals surface area contributed by atoms with Crippen molar-refractivity contribution in [1.82, 2.24) is 25.0 Å². The van der Waals surface area contributed by atoms with E-state index in [0.29, 0.717) is 5.95 Å². The molecule has 6 nitrogen and oxygen atoms in total. The monoisotopic (exact) mass is 266 g/mol. The van der Waals surface area contributed by atoms with Crippen molar-refractivity contribution in [1.29, 1.82) is 0 Å². The van der Waals surface area contributed by atoms with Gasteiger partial charge in [-0.15, -0.1) is 5.10 Å². The maximum Gasteiger partial charge on any atom is 0.270 e. The number of anilines is 1. The number of rotatable bonds is 2. The Balaban J connectivity index is 1.97. The summed E-state index contributed by atoms with van der Waals surface area (Å²) in [5, 5.41) is 12.4. The summed E-state index contributed by atoms with van der Waals surface area (Å²) in [5.41, 5.74) is 10.1. The van der Waals surface area contributed by atoms with Crippen molar-refractivity contribution in [2.24, 2.45) is 0 Å². The zero-order valence-corrected chi connectivity index (χ0v) is 11.3. The van der Waals surface area contributed by atoms with E-state index >= 15 is 0 Å². The first-order valence-electron chi connectivity index (χ1n) is 6.22. The molecule has 0 saturated heterocycles. The van der Waals surface area contributed by atoms with E-state index in [-0.39, 0.29) is 0 Å². The van der Waals surface area contributed by atoms with E-state index in [1.54, 1.807) is 10.9 Å². The van der Waals surface area contributed by atoms with Gasteiger partial charge in [0.1, 0.15) is 0 Å². The molecule has 6 heteroatoms. The van der Waals surface area contributed by atoms with Crippen molar-refractivity contribution in [3.63, 3.8) is 0 Å². The first-order chi connectivity index (χ1) is 9.63. The average Bonchev–Trinajstić information content (AvgIpc) is 2.92. The maximum absolute atomic E-state index is 5.68. The normalized spacial score (nSPS) is 10.7. The zero-order valence-electron chi connectivity index (χ0n) is 11.3.